The molecule has 112 valence electrons. The number of carbonyl (C=O) groups is 1. The molecule has 1 amide bonds. The molecule has 0 fully saturated rings. The van der Waals surface area contributed by atoms with Gasteiger partial charge in [-0.05, 0) is 24.6 Å². The minimum atomic E-state index is -0.355. The number of aromatic nitrogens is 2. The predicted molar refractivity (Wildman–Crippen MR) is 80.9 cm³/mol. The maximum Gasteiger partial charge on any atom is 0.244 e. The van der Waals surface area contributed by atoms with E-state index in [0.717, 1.165) is 10.6 Å². The molecule has 0 aliphatic carbocycles. The van der Waals surface area contributed by atoms with Crippen molar-refractivity contribution in [2.75, 3.05) is 19.4 Å². The van der Waals surface area contributed by atoms with E-state index >= 15 is 0 Å². The lowest BCUT2D eigenvalue weighted by Gasteiger charge is -2.16. The van der Waals surface area contributed by atoms with Crippen LogP contribution in [0, 0.1) is 5.82 Å². The van der Waals surface area contributed by atoms with Crippen LogP contribution in [0.5, 0.6) is 0 Å². The van der Waals surface area contributed by atoms with Gasteiger partial charge in [-0.1, -0.05) is 23.5 Å². The van der Waals surface area contributed by atoms with Crippen LogP contribution in [0.4, 0.5) is 9.52 Å². The van der Waals surface area contributed by atoms with Crippen molar-refractivity contribution in [3.05, 3.63) is 40.7 Å². The van der Waals surface area contributed by atoms with Crippen molar-refractivity contribution in [1.29, 1.82) is 0 Å². The Hall–Kier alpha value is -2.02. The molecule has 0 radical (unpaired) electrons. The monoisotopic (exact) mass is 308 g/mol. The highest BCUT2D eigenvalue weighted by molar-refractivity contribution is 7.15. The standard InChI is InChI=1S/C14H17FN4OS/c1-9(13(20)19(2)3)16-14-18-17-12(21-14)8-10-4-6-11(15)7-5-10/h4-7,9H,8H2,1-3H3,(H,16,18)/t9-/m0/s1. The average molecular weight is 308 g/mol. The lowest BCUT2D eigenvalue weighted by molar-refractivity contribution is -0.129. The molecule has 2 aromatic rings. The number of benzene rings is 1. The highest BCUT2D eigenvalue weighted by atomic mass is 32.1. The first-order chi connectivity index (χ1) is 9.95. The Morgan fingerprint density at radius 2 is 2.00 bits per heavy atom. The maximum atomic E-state index is 12.8. The van der Waals surface area contributed by atoms with Crippen LogP contribution < -0.4 is 5.32 Å². The van der Waals surface area contributed by atoms with Gasteiger partial charge in [0, 0.05) is 20.5 Å². The van der Waals surface area contributed by atoms with Crippen LogP contribution in [0.25, 0.3) is 0 Å². The Morgan fingerprint density at radius 3 is 2.62 bits per heavy atom. The lowest BCUT2D eigenvalue weighted by atomic mass is 10.2. The van der Waals surface area contributed by atoms with Crippen molar-refractivity contribution in [2.24, 2.45) is 0 Å². The molecule has 0 unspecified atom stereocenters. The predicted octanol–water partition coefficient (Wildman–Crippen LogP) is 2.16. The molecule has 0 aliphatic heterocycles. The fourth-order valence-corrected chi connectivity index (χ4v) is 2.66. The van der Waals surface area contributed by atoms with Crippen molar-refractivity contribution in [3.8, 4) is 0 Å². The van der Waals surface area contributed by atoms with Gasteiger partial charge in [0.05, 0.1) is 0 Å². The van der Waals surface area contributed by atoms with Crippen molar-refractivity contribution >= 4 is 22.4 Å². The zero-order valence-corrected chi connectivity index (χ0v) is 12.9. The smallest absolute Gasteiger partial charge is 0.244 e. The van der Waals surface area contributed by atoms with Crippen LogP contribution in [-0.2, 0) is 11.2 Å². The number of nitrogens with zero attached hydrogens (tertiary/aromatic N) is 3. The van der Waals surface area contributed by atoms with Crippen LogP contribution in [0.1, 0.15) is 17.5 Å². The first kappa shape index (κ1) is 15.4. The van der Waals surface area contributed by atoms with Crippen molar-refractivity contribution in [3.63, 3.8) is 0 Å². The summed E-state index contributed by atoms with van der Waals surface area (Å²) in [7, 11) is 3.42. The fraction of sp³-hybridized carbons (Fsp3) is 0.357. The van der Waals surface area contributed by atoms with Crippen LogP contribution in [-0.4, -0.2) is 41.1 Å². The molecule has 1 N–H and O–H groups in total. The fourth-order valence-electron chi connectivity index (χ4n) is 1.79. The van der Waals surface area contributed by atoms with E-state index in [1.165, 1.54) is 28.4 Å². The summed E-state index contributed by atoms with van der Waals surface area (Å²) in [5, 5.41) is 12.6. The van der Waals surface area contributed by atoms with E-state index in [2.05, 4.69) is 15.5 Å². The maximum absolute atomic E-state index is 12.8. The zero-order chi connectivity index (χ0) is 15.4. The van der Waals surface area contributed by atoms with Gasteiger partial charge in [-0.3, -0.25) is 4.79 Å². The third-order valence-corrected chi connectivity index (χ3v) is 3.74. The largest absolute Gasteiger partial charge is 0.349 e. The summed E-state index contributed by atoms with van der Waals surface area (Å²) >= 11 is 1.39. The normalized spacial score (nSPS) is 12.0. The Labute approximate surface area is 126 Å². The van der Waals surface area contributed by atoms with Gasteiger partial charge in [-0.15, -0.1) is 10.2 Å². The molecular weight excluding hydrogens is 291 g/mol. The molecule has 0 saturated heterocycles. The Morgan fingerprint density at radius 1 is 1.33 bits per heavy atom. The average Bonchev–Trinajstić information content (AvgIpc) is 2.87. The van der Waals surface area contributed by atoms with Gasteiger partial charge in [0.15, 0.2) is 0 Å². The number of hydrogen-bond donors (Lipinski definition) is 1. The van der Waals surface area contributed by atoms with Gasteiger partial charge in [-0.2, -0.15) is 0 Å². The summed E-state index contributed by atoms with van der Waals surface area (Å²) < 4.78 is 12.8. The minimum Gasteiger partial charge on any atom is -0.349 e. The first-order valence-electron chi connectivity index (χ1n) is 6.50. The number of carbonyl (C=O) groups excluding carboxylic acids is 1. The van der Waals surface area contributed by atoms with Gasteiger partial charge in [-0.25, -0.2) is 4.39 Å². The topological polar surface area (TPSA) is 58.1 Å². The van der Waals surface area contributed by atoms with E-state index in [4.69, 9.17) is 0 Å². The lowest BCUT2D eigenvalue weighted by Crippen LogP contribution is -2.36. The third kappa shape index (κ3) is 4.22. The van der Waals surface area contributed by atoms with Gasteiger partial charge >= 0.3 is 0 Å². The second-order valence-corrected chi connectivity index (χ2v) is 5.96. The van der Waals surface area contributed by atoms with E-state index in [1.54, 1.807) is 33.2 Å². The second-order valence-electron chi connectivity index (χ2n) is 4.90. The molecule has 0 spiro atoms. The molecule has 0 bridgehead atoms. The summed E-state index contributed by atoms with van der Waals surface area (Å²) in [5.41, 5.74) is 0.969. The zero-order valence-electron chi connectivity index (χ0n) is 12.1. The van der Waals surface area contributed by atoms with Crippen LogP contribution in [0.15, 0.2) is 24.3 Å². The molecule has 0 aliphatic rings. The van der Waals surface area contributed by atoms with Crippen LogP contribution >= 0.6 is 11.3 Å². The molecule has 5 nitrogen and oxygen atoms in total. The van der Waals surface area contributed by atoms with Crippen molar-refractivity contribution in [1.82, 2.24) is 15.1 Å². The Bertz CT molecular complexity index is 612. The number of nitrogens with one attached hydrogen (secondary N) is 1. The molecule has 1 aromatic carbocycles. The summed E-state index contributed by atoms with van der Waals surface area (Å²) in [4.78, 5) is 13.3. The molecule has 1 atom stereocenters. The molecule has 21 heavy (non-hydrogen) atoms. The van der Waals surface area contributed by atoms with Crippen molar-refractivity contribution in [2.45, 2.75) is 19.4 Å². The van der Waals surface area contributed by atoms with Gasteiger partial charge in [0.25, 0.3) is 0 Å². The van der Waals surface area contributed by atoms with E-state index in [0.29, 0.717) is 11.6 Å². The molecule has 2 rings (SSSR count). The van der Waals surface area contributed by atoms with E-state index in [9.17, 15) is 9.18 Å². The molecule has 1 aromatic heterocycles. The summed E-state index contributed by atoms with van der Waals surface area (Å²) in [6.07, 6.45) is 0.593. The van der Waals surface area contributed by atoms with Gasteiger partial charge < -0.3 is 10.2 Å². The highest BCUT2D eigenvalue weighted by Crippen LogP contribution is 2.19. The van der Waals surface area contributed by atoms with E-state index in [1.807, 2.05) is 0 Å². The Balaban J connectivity index is 1.98. The van der Waals surface area contributed by atoms with E-state index < -0.39 is 0 Å². The number of hydrogen-bond acceptors (Lipinski definition) is 5. The van der Waals surface area contributed by atoms with Gasteiger partial charge in [0.2, 0.25) is 11.0 Å². The quantitative estimate of drug-likeness (QED) is 0.919. The van der Waals surface area contributed by atoms with Crippen LogP contribution in [0.2, 0.25) is 0 Å². The summed E-state index contributed by atoms with van der Waals surface area (Å²) in [5.74, 6) is -0.278. The number of amides is 1. The highest BCUT2D eigenvalue weighted by Gasteiger charge is 2.16. The molecule has 7 heteroatoms. The summed E-state index contributed by atoms with van der Waals surface area (Å²) in [6.45, 7) is 1.78. The summed E-state index contributed by atoms with van der Waals surface area (Å²) in [6, 6.07) is 5.94. The van der Waals surface area contributed by atoms with Crippen LogP contribution in [0.3, 0.4) is 0 Å². The van der Waals surface area contributed by atoms with Crippen molar-refractivity contribution < 1.29 is 9.18 Å². The number of halogens is 1. The molecule has 1 heterocycles. The SMILES string of the molecule is C[C@H](Nc1nnc(Cc2ccc(F)cc2)s1)C(=O)N(C)C. The third-order valence-electron chi connectivity index (χ3n) is 2.89. The van der Waals surface area contributed by atoms with Gasteiger partial charge in [0.1, 0.15) is 16.9 Å². The van der Waals surface area contributed by atoms with E-state index in [-0.39, 0.29) is 17.8 Å². The molecular formula is C14H17FN4OS. The number of rotatable bonds is 5. The number of likely N-dealkylation sites (N-methyl/N-ethyl adjacent to an activating group) is 1. The second kappa shape index (κ2) is 6.62. The number of anilines is 1. The Kier molecular flexibility index (Phi) is 4.85. The first-order valence-corrected chi connectivity index (χ1v) is 7.32. The minimum absolute atomic E-state index is 0.0229. The molecule has 0 saturated carbocycles.